The van der Waals surface area contributed by atoms with Crippen LogP contribution in [0.2, 0.25) is 5.15 Å². The molecule has 2 aromatic rings. The molecule has 1 N–H and O–H groups in total. The van der Waals surface area contributed by atoms with Gasteiger partial charge in [-0.15, -0.1) is 0 Å². The van der Waals surface area contributed by atoms with Gasteiger partial charge in [0.2, 0.25) is 11.8 Å². The Labute approximate surface area is 113 Å². The number of halogens is 1. The third-order valence-electron chi connectivity index (χ3n) is 2.37. The fourth-order valence-electron chi connectivity index (χ4n) is 1.53. The maximum absolute atomic E-state index is 12.1. The Kier molecular flexibility index (Phi) is 3.66. The molecule has 19 heavy (non-hydrogen) atoms. The molecule has 2 heterocycles. The number of amides is 1. The van der Waals surface area contributed by atoms with E-state index >= 15 is 0 Å². The minimum Gasteiger partial charge on any atom is -0.481 e. The van der Waals surface area contributed by atoms with E-state index in [1.807, 2.05) is 0 Å². The van der Waals surface area contributed by atoms with Gasteiger partial charge in [-0.3, -0.25) is 10.1 Å². The third kappa shape index (κ3) is 2.82. The van der Waals surface area contributed by atoms with Crippen LogP contribution >= 0.6 is 11.6 Å². The first-order valence-corrected chi connectivity index (χ1v) is 5.72. The zero-order valence-electron chi connectivity index (χ0n) is 10.5. The van der Waals surface area contributed by atoms with Crippen LogP contribution in [0.3, 0.4) is 0 Å². The Bertz CT molecular complexity index is 607. The molecular weight excluding hydrogens is 272 g/mol. The summed E-state index contributed by atoms with van der Waals surface area (Å²) in [4.78, 5) is 19.9. The van der Waals surface area contributed by atoms with Crippen LogP contribution in [-0.4, -0.2) is 28.1 Å². The molecule has 1 amide bonds. The summed E-state index contributed by atoms with van der Waals surface area (Å²) in [6.45, 7) is 3.32. The van der Waals surface area contributed by atoms with E-state index in [-0.39, 0.29) is 17.0 Å². The Morgan fingerprint density at radius 3 is 2.74 bits per heavy atom. The molecule has 0 aliphatic heterocycles. The summed E-state index contributed by atoms with van der Waals surface area (Å²) in [6.07, 6.45) is 0. The van der Waals surface area contributed by atoms with Crippen LogP contribution in [0.1, 0.15) is 21.8 Å². The number of carbonyl (C=O) groups excluding carboxylic acids is 1. The molecule has 0 saturated heterocycles. The Hall–Kier alpha value is -2.15. The lowest BCUT2D eigenvalue weighted by molar-refractivity contribution is 0.102. The fourth-order valence-corrected chi connectivity index (χ4v) is 1.70. The summed E-state index contributed by atoms with van der Waals surface area (Å²) in [5, 5.41) is 6.39. The molecule has 0 aliphatic rings. The number of anilines is 1. The zero-order valence-corrected chi connectivity index (χ0v) is 11.3. The minimum atomic E-state index is -0.416. The first-order valence-electron chi connectivity index (χ1n) is 5.34. The second-order valence-corrected chi connectivity index (χ2v) is 4.10. The monoisotopic (exact) mass is 282 g/mol. The highest BCUT2D eigenvalue weighted by Crippen LogP contribution is 2.18. The first kappa shape index (κ1) is 13.3. The average Bonchev–Trinajstić information content (AvgIpc) is 2.68. The molecule has 0 aromatic carbocycles. The summed E-state index contributed by atoms with van der Waals surface area (Å²) in [7, 11) is 1.44. The highest BCUT2D eigenvalue weighted by molar-refractivity contribution is 6.29. The van der Waals surface area contributed by atoms with Gasteiger partial charge >= 0.3 is 0 Å². The van der Waals surface area contributed by atoms with E-state index in [1.165, 1.54) is 13.2 Å². The number of carbonyl (C=O) groups is 1. The molecule has 0 bridgehead atoms. The lowest BCUT2D eigenvalue weighted by Crippen LogP contribution is -2.16. The second kappa shape index (κ2) is 5.23. The van der Waals surface area contributed by atoms with Crippen molar-refractivity contribution in [2.75, 3.05) is 12.4 Å². The van der Waals surface area contributed by atoms with Gasteiger partial charge in [-0.2, -0.15) is 4.98 Å². The van der Waals surface area contributed by atoms with Gasteiger partial charge in [0.1, 0.15) is 16.5 Å². The lowest BCUT2D eigenvalue weighted by atomic mass is 10.2. The molecule has 0 unspecified atom stereocenters. The van der Waals surface area contributed by atoms with Gasteiger partial charge in [-0.05, 0) is 13.8 Å². The van der Waals surface area contributed by atoms with E-state index in [0.717, 1.165) is 0 Å². The van der Waals surface area contributed by atoms with Gasteiger partial charge in [0.05, 0.1) is 12.8 Å². The maximum atomic E-state index is 12.1. The van der Waals surface area contributed by atoms with Crippen molar-refractivity contribution in [1.82, 2.24) is 15.1 Å². The maximum Gasteiger partial charge on any atom is 0.263 e. The molecule has 0 saturated carbocycles. The Morgan fingerprint density at radius 2 is 2.16 bits per heavy atom. The summed E-state index contributed by atoms with van der Waals surface area (Å²) >= 11 is 5.79. The van der Waals surface area contributed by atoms with Crippen molar-refractivity contribution in [2.24, 2.45) is 0 Å². The number of aromatic nitrogens is 3. The van der Waals surface area contributed by atoms with Crippen LogP contribution < -0.4 is 10.1 Å². The summed E-state index contributed by atoms with van der Waals surface area (Å²) in [5.74, 6) is 0.313. The van der Waals surface area contributed by atoms with E-state index in [0.29, 0.717) is 17.0 Å². The second-order valence-electron chi connectivity index (χ2n) is 3.71. The molecule has 2 aromatic heterocycles. The highest BCUT2D eigenvalue weighted by Gasteiger charge is 2.18. The Morgan fingerprint density at radius 1 is 1.42 bits per heavy atom. The molecule has 100 valence electrons. The molecule has 0 aliphatic carbocycles. The van der Waals surface area contributed by atoms with Crippen LogP contribution in [0, 0.1) is 13.8 Å². The number of nitrogens with one attached hydrogen (secondary N) is 1. The fraction of sp³-hybridized carbons (Fsp3) is 0.273. The molecule has 0 spiro atoms. The average molecular weight is 283 g/mol. The van der Waals surface area contributed by atoms with E-state index in [1.54, 1.807) is 13.8 Å². The van der Waals surface area contributed by atoms with Gasteiger partial charge in [0.15, 0.2) is 0 Å². The smallest absolute Gasteiger partial charge is 0.263 e. The van der Waals surface area contributed by atoms with Crippen molar-refractivity contribution < 1.29 is 14.1 Å². The molecule has 2 rings (SSSR count). The largest absolute Gasteiger partial charge is 0.481 e. The topological polar surface area (TPSA) is 90.1 Å². The number of methoxy groups -OCH3 is 1. The summed E-state index contributed by atoms with van der Waals surface area (Å²) in [6, 6.07) is 1.44. The molecule has 8 heteroatoms. The molecular formula is C11H11ClN4O3. The predicted octanol–water partition coefficient (Wildman–Crippen LogP) is 2.00. The molecule has 0 radical (unpaired) electrons. The Balaban J connectivity index is 2.26. The van der Waals surface area contributed by atoms with Crippen molar-refractivity contribution in [2.45, 2.75) is 13.8 Å². The molecule has 7 nitrogen and oxygen atoms in total. The van der Waals surface area contributed by atoms with Crippen molar-refractivity contribution in [1.29, 1.82) is 0 Å². The van der Waals surface area contributed by atoms with Gasteiger partial charge < -0.3 is 9.26 Å². The van der Waals surface area contributed by atoms with Crippen molar-refractivity contribution in [3.8, 4) is 5.88 Å². The summed E-state index contributed by atoms with van der Waals surface area (Å²) in [5.41, 5.74) is 0.839. The van der Waals surface area contributed by atoms with Crippen LogP contribution in [-0.2, 0) is 0 Å². The van der Waals surface area contributed by atoms with Crippen LogP contribution in [0.25, 0.3) is 0 Å². The predicted molar refractivity (Wildman–Crippen MR) is 67.5 cm³/mol. The first-order chi connectivity index (χ1) is 9.01. The number of hydrogen-bond donors (Lipinski definition) is 1. The number of rotatable bonds is 3. The zero-order chi connectivity index (χ0) is 14.0. The van der Waals surface area contributed by atoms with E-state index in [9.17, 15) is 4.79 Å². The van der Waals surface area contributed by atoms with E-state index < -0.39 is 5.91 Å². The van der Waals surface area contributed by atoms with E-state index in [2.05, 4.69) is 20.4 Å². The van der Waals surface area contributed by atoms with Gasteiger partial charge in [0, 0.05) is 6.07 Å². The summed E-state index contributed by atoms with van der Waals surface area (Å²) < 4.78 is 9.86. The highest BCUT2D eigenvalue weighted by atomic mass is 35.5. The van der Waals surface area contributed by atoms with Crippen molar-refractivity contribution in [3.05, 3.63) is 28.2 Å². The van der Waals surface area contributed by atoms with Crippen molar-refractivity contribution >= 4 is 23.5 Å². The third-order valence-corrected chi connectivity index (χ3v) is 2.56. The SMILES string of the molecule is COc1cc(Cl)nc(NC(=O)c2c(C)noc2C)n1. The lowest BCUT2D eigenvalue weighted by Gasteiger charge is -2.05. The normalized spacial score (nSPS) is 10.3. The van der Waals surface area contributed by atoms with Crippen LogP contribution in [0.15, 0.2) is 10.6 Å². The van der Waals surface area contributed by atoms with Crippen molar-refractivity contribution in [3.63, 3.8) is 0 Å². The standard InChI is InChI=1S/C11H11ClN4O3/c1-5-9(6(2)19-16-5)10(17)15-11-13-7(12)4-8(14-11)18-3/h4H,1-3H3,(H,13,14,15,17). The minimum absolute atomic E-state index is 0.0503. The number of ether oxygens (including phenoxy) is 1. The number of aryl methyl sites for hydroxylation is 2. The van der Waals surface area contributed by atoms with Gasteiger partial charge in [-0.25, -0.2) is 4.98 Å². The van der Waals surface area contributed by atoms with E-state index in [4.69, 9.17) is 20.9 Å². The van der Waals surface area contributed by atoms with Gasteiger partial charge in [-0.1, -0.05) is 16.8 Å². The van der Waals surface area contributed by atoms with Crippen LogP contribution in [0.5, 0.6) is 5.88 Å². The molecule has 0 fully saturated rings. The number of nitrogens with zero attached hydrogens (tertiary/aromatic N) is 3. The van der Waals surface area contributed by atoms with Crippen LogP contribution in [0.4, 0.5) is 5.95 Å². The molecule has 0 atom stereocenters. The quantitative estimate of drug-likeness (QED) is 0.866. The number of hydrogen-bond acceptors (Lipinski definition) is 6. The van der Waals surface area contributed by atoms with Gasteiger partial charge in [0.25, 0.3) is 5.91 Å².